The van der Waals surface area contributed by atoms with Gasteiger partial charge in [-0.05, 0) is 12.1 Å². The maximum absolute atomic E-state index is 2.25. The SMILES string of the molecule is c1ccc2c3c(sc2c1)-c1sc2ccccc2c1SS3. The molecule has 4 heteroatoms. The van der Waals surface area contributed by atoms with E-state index >= 15 is 0 Å². The van der Waals surface area contributed by atoms with E-state index in [9.17, 15) is 0 Å². The Labute approximate surface area is 132 Å². The van der Waals surface area contributed by atoms with Crippen LogP contribution in [0.3, 0.4) is 0 Å². The summed E-state index contributed by atoms with van der Waals surface area (Å²) in [6, 6.07) is 17.5. The third kappa shape index (κ3) is 1.51. The minimum atomic E-state index is 1.40. The van der Waals surface area contributed by atoms with E-state index in [0.717, 1.165) is 0 Å². The van der Waals surface area contributed by atoms with Gasteiger partial charge in [0.2, 0.25) is 0 Å². The molecule has 0 saturated carbocycles. The lowest BCUT2D eigenvalue weighted by Crippen LogP contribution is -1.79. The normalized spacial score (nSPS) is 13.6. The molecule has 0 aliphatic carbocycles. The molecule has 0 radical (unpaired) electrons. The first-order valence-electron chi connectivity index (χ1n) is 6.30. The lowest BCUT2D eigenvalue weighted by Gasteiger charge is -2.10. The summed E-state index contributed by atoms with van der Waals surface area (Å²) >= 11 is 3.87. The molecular formula is C16H8S4. The van der Waals surface area contributed by atoms with Gasteiger partial charge in [-0.2, -0.15) is 0 Å². The summed E-state index contributed by atoms with van der Waals surface area (Å²) in [5.41, 5.74) is 0. The molecule has 96 valence electrons. The molecule has 0 amide bonds. The van der Waals surface area contributed by atoms with Gasteiger partial charge in [0.25, 0.3) is 0 Å². The van der Waals surface area contributed by atoms with Crippen molar-refractivity contribution in [1.29, 1.82) is 0 Å². The third-order valence-corrected chi connectivity index (χ3v) is 8.79. The van der Waals surface area contributed by atoms with Crippen LogP contribution in [0.4, 0.5) is 0 Å². The van der Waals surface area contributed by atoms with Crippen LogP contribution < -0.4 is 0 Å². The van der Waals surface area contributed by atoms with Gasteiger partial charge in [0.05, 0.1) is 9.75 Å². The predicted octanol–water partition coefficient (Wildman–Crippen LogP) is 6.90. The zero-order chi connectivity index (χ0) is 13.1. The Morgan fingerprint density at radius 2 is 1.00 bits per heavy atom. The van der Waals surface area contributed by atoms with Gasteiger partial charge < -0.3 is 0 Å². The summed E-state index contributed by atoms with van der Waals surface area (Å²) in [5.74, 6) is 0. The second-order valence-corrected chi connectivity index (χ2v) is 8.93. The van der Waals surface area contributed by atoms with Crippen molar-refractivity contribution in [2.75, 3.05) is 0 Å². The minimum Gasteiger partial charge on any atom is -0.133 e. The highest BCUT2D eigenvalue weighted by Gasteiger charge is 2.26. The lowest BCUT2D eigenvalue weighted by molar-refractivity contribution is 1.58. The van der Waals surface area contributed by atoms with E-state index in [1.807, 2.05) is 44.3 Å². The first-order chi connectivity index (χ1) is 9.92. The molecule has 0 fully saturated rings. The molecule has 0 spiro atoms. The highest BCUT2D eigenvalue weighted by atomic mass is 33.1. The summed E-state index contributed by atoms with van der Waals surface area (Å²) < 4.78 is 2.80. The Balaban J connectivity index is 1.91. The molecule has 2 aromatic heterocycles. The standard InChI is InChI=1S/C16H8S4/c1-3-7-11-9(5-1)13-15(17-11)16-14(20-19-13)10-6-2-4-8-12(10)18-16/h1-8H. The number of thiophene rings is 2. The molecule has 20 heavy (non-hydrogen) atoms. The van der Waals surface area contributed by atoms with Crippen LogP contribution in [0.2, 0.25) is 0 Å². The summed E-state index contributed by atoms with van der Waals surface area (Å²) in [6.45, 7) is 0. The maximum atomic E-state index is 2.25. The van der Waals surface area contributed by atoms with E-state index in [1.54, 1.807) is 0 Å². The van der Waals surface area contributed by atoms with Crippen molar-refractivity contribution in [2.24, 2.45) is 0 Å². The van der Waals surface area contributed by atoms with E-state index < -0.39 is 0 Å². The molecule has 1 aliphatic heterocycles. The van der Waals surface area contributed by atoms with Crippen LogP contribution >= 0.6 is 44.3 Å². The van der Waals surface area contributed by atoms with Crippen molar-refractivity contribution < 1.29 is 0 Å². The monoisotopic (exact) mass is 328 g/mol. The van der Waals surface area contributed by atoms with Gasteiger partial charge in [0, 0.05) is 30.0 Å². The molecule has 2 aromatic carbocycles. The minimum absolute atomic E-state index is 1.40. The van der Waals surface area contributed by atoms with Gasteiger partial charge in [-0.1, -0.05) is 58.0 Å². The topological polar surface area (TPSA) is 0 Å². The second-order valence-electron chi connectivity index (χ2n) is 4.68. The van der Waals surface area contributed by atoms with Crippen LogP contribution in [0.1, 0.15) is 0 Å². The molecule has 0 atom stereocenters. The number of benzene rings is 2. The molecule has 0 nitrogen and oxygen atoms in total. The van der Waals surface area contributed by atoms with Crippen LogP contribution in [0.5, 0.6) is 0 Å². The quantitative estimate of drug-likeness (QED) is 0.322. The average Bonchev–Trinajstić information content (AvgIpc) is 3.05. The Bertz CT molecular complexity index is 881. The van der Waals surface area contributed by atoms with Crippen LogP contribution in [0.15, 0.2) is 58.3 Å². The summed E-state index contributed by atoms with van der Waals surface area (Å²) in [5, 5.41) is 2.82. The van der Waals surface area contributed by atoms with E-state index in [1.165, 1.54) is 39.7 Å². The van der Waals surface area contributed by atoms with Gasteiger partial charge >= 0.3 is 0 Å². The zero-order valence-corrected chi connectivity index (χ0v) is 13.5. The van der Waals surface area contributed by atoms with E-state index in [2.05, 4.69) is 48.5 Å². The number of hydrogen-bond acceptors (Lipinski definition) is 4. The fourth-order valence-electron chi connectivity index (χ4n) is 2.59. The van der Waals surface area contributed by atoms with Crippen LogP contribution in [0, 0.1) is 0 Å². The molecule has 0 unspecified atom stereocenters. The van der Waals surface area contributed by atoms with E-state index in [-0.39, 0.29) is 0 Å². The van der Waals surface area contributed by atoms with E-state index in [4.69, 9.17) is 0 Å². The highest BCUT2D eigenvalue weighted by Crippen LogP contribution is 2.60. The Morgan fingerprint density at radius 1 is 0.550 bits per heavy atom. The Kier molecular flexibility index (Phi) is 2.50. The van der Waals surface area contributed by atoms with Crippen molar-refractivity contribution >= 4 is 64.4 Å². The summed E-state index contributed by atoms with van der Waals surface area (Å²) in [4.78, 5) is 5.83. The fourth-order valence-corrected chi connectivity index (χ4v) is 8.60. The molecule has 0 bridgehead atoms. The van der Waals surface area contributed by atoms with Crippen LogP contribution in [-0.2, 0) is 0 Å². The van der Waals surface area contributed by atoms with Crippen molar-refractivity contribution in [3.63, 3.8) is 0 Å². The second kappa shape index (κ2) is 4.28. The number of fused-ring (bicyclic) bond motifs is 7. The lowest BCUT2D eigenvalue weighted by atomic mass is 10.2. The number of rotatable bonds is 0. The van der Waals surface area contributed by atoms with Crippen molar-refractivity contribution in [3.05, 3.63) is 48.5 Å². The Morgan fingerprint density at radius 3 is 1.50 bits per heavy atom. The highest BCUT2D eigenvalue weighted by molar-refractivity contribution is 8.77. The van der Waals surface area contributed by atoms with Gasteiger partial charge in [-0.15, -0.1) is 22.7 Å². The van der Waals surface area contributed by atoms with Crippen molar-refractivity contribution in [3.8, 4) is 9.75 Å². The van der Waals surface area contributed by atoms with Crippen molar-refractivity contribution in [1.82, 2.24) is 0 Å². The van der Waals surface area contributed by atoms with E-state index in [0.29, 0.717) is 0 Å². The molecule has 1 aliphatic rings. The molecule has 3 heterocycles. The molecule has 0 saturated heterocycles. The van der Waals surface area contributed by atoms with Crippen molar-refractivity contribution in [2.45, 2.75) is 9.79 Å². The first kappa shape index (κ1) is 11.7. The van der Waals surface area contributed by atoms with Gasteiger partial charge in [0.15, 0.2) is 0 Å². The Hall–Kier alpha value is -0.940. The summed E-state index contributed by atoms with van der Waals surface area (Å²) in [6.07, 6.45) is 0. The van der Waals surface area contributed by atoms with Gasteiger partial charge in [-0.25, -0.2) is 0 Å². The molecule has 0 N–H and O–H groups in total. The van der Waals surface area contributed by atoms with Crippen LogP contribution in [0.25, 0.3) is 29.9 Å². The molecular weight excluding hydrogens is 320 g/mol. The largest absolute Gasteiger partial charge is 0.133 e. The van der Waals surface area contributed by atoms with Gasteiger partial charge in [-0.3, -0.25) is 0 Å². The smallest absolute Gasteiger partial charge is 0.0612 e. The van der Waals surface area contributed by atoms with Crippen LogP contribution in [-0.4, -0.2) is 0 Å². The maximum Gasteiger partial charge on any atom is 0.0612 e. The first-order valence-corrected chi connectivity index (χ1v) is 10.1. The fraction of sp³-hybridized carbons (Fsp3) is 0. The average molecular weight is 329 g/mol. The molecule has 4 aromatic rings. The third-order valence-electron chi connectivity index (χ3n) is 3.51. The number of hydrogen-bond donors (Lipinski definition) is 0. The summed E-state index contributed by atoms with van der Waals surface area (Å²) in [7, 11) is 3.84. The zero-order valence-electron chi connectivity index (χ0n) is 10.3. The van der Waals surface area contributed by atoms with Gasteiger partial charge in [0.1, 0.15) is 0 Å². The predicted molar refractivity (Wildman–Crippen MR) is 94.4 cm³/mol. The molecule has 5 rings (SSSR count).